The Kier molecular flexibility index (Phi) is 2.63. The number of aromatic nitrogens is 2. The van der Waals surface area contributed by atoms with E-state index in [2.05, 4.69) is 16.1 Å². The van der Waals surface area contributed by atoms with Crippen LogP contribution in [0.2, 0.25) is 0 Å². The lowest BCUT2D eigenvalue weighted by atomic mass is 10.1. The quantitative estimate of drug-likeness (QED) is 0.889. The van der Waals surface area contributed by atoms with Crippen molar-refractivity contribution >= 4 is 5.84 Å². The number of rotatable bonds is 3. The summed E-state index contributed by atoms with van der Waals surface area (Å²) in [6, 6.07) is 10.2. The van der Waals surface area contributed by atoms with Gasteiger partial charge in [0.05, 0.1) is 0 Å². The zero-order valence-electron chi connectivity index (χ0n) is 10.4. The van der Waals surface area contributed by atoms with Gasteiger partial charge in [0, 0.05) is 44.0 Å². The minimum absolute atomic E-state index is 0.646. The van der Waals surface area contributed by atoms with E-state index in [1.807, 2.05) is 42.2 Å². The highest BCUT2D eigenvalue weighted by molar-refractivity contribution is 6.00. The van der Waals surface area contributed by atoms with Gasteiger partial charge in [0.15, 0.2) is 0 Å². The Morgan fingerprint density at radius 1 is 1.28 bits per heavy atom. The third-order valence-corrected chi connectivity index (χ3v) is 3.51. The fraction of sp³-hybridized carbons (Fsp3) is 0.286. The van der Waals surface area contributed by atoms with Crippen molar-refractivity contribution in [3.05, 3.63) is 53.3 Å². The number of nitrogens with one attached hydrogen (secondary N) is 1. The average molecular weight is 240 g/mol. The van der Waals surface area contributed by atoms with Crippen LogP contribution in [-0.2, 0) is 20.0 Å². The van der Waals surface area contributed by atoms with Crippen molar-refractivity contribution in [2.24, 2.45) is 7.05 Å². The van der Waals surface area contributed by atoms with E-state index >= 15 is 0 Å². The van der Waals surface area contributed by atoms with Gasteiger partial charge in [-0.3, -0.25) is 10.1 Å². The number of amidine groups is 1. The molecule has 0 radical (unpaired) electrons. The van der Waals surface area contributed by atoms with Crippen LogP contribution in [0, 0.1) is 5.41 Å². The van der Waals surface area contributed by atoms with Gasteiger partial charge in [0.1, 0.15) is 5.84 Å². The van der Waals surface area contributed by atoms with Crippen LogP contribution in [-0.4, -0.2) is 27.1 Å². The molecule has 1 aliphatic heterocycles. The van der Waals surface area contributed by atoms with Crippen molar-refractivity contribution in [3.8, 4) is 0 Å². The minimum atomic E-state index is 0.646. The topological polar surface area (TPSA) is 44.9 Å². The molecule has 0 bridgehead atoms. The number of fused-ring (bicyclic) bond motifs is 1. The molecule has 3 rings (SSSR count). The zero-order valence-corrected chi connectivity index (χ0v) is 10.4. The number of hydrogen-bond acceptors (Lipinski definition) is 2. The Balaban J connectivity index is 1.70. The van der Waals surface area contributed by atoms with Gasteiger partial charge < -0.3 is 4.90 Å². The SMILES string of the molecule is Cn1nccc1CCN1Cc2ccccc2C1=N. The summed E-state index contributed by atoms with van der Waals surface area (Å²) in [5.41, 5.74) is 3.54. The maximum absolute atomic E-state index is 8.17. The lowest BCUT2D eigenvalue weighted by Crippen LogP contribution is -2.26. The molecule has 1 aromatic carbocycles. The monoisotopic (exact) mass is 240 g/mol. The molecule has 1 aliphatic rings. The van der Waals surface area contributed by atoms with Crippen LogP contribution < -0.4 is 0 Å². The highest BCUT2D eigenvalue weighted by Crippen LogP contribution is 2.22. The maximum Gasteiger partial charge on any atom is 0.128 e. The fourth-order valence-electron chi connectivity index (χ4n) is 2.43. The third kappa shape index (κ3) is 1.79. The van der Waals surface area contributed by atoms with Crippen LogP contribution in [0.5, 0.6) is 0 Å². The molecule has 2 heterocycles. The molecule has 92 valence electrons. The number of aryl methyl sites for hydroxylation is 1. The summed E-state index contributed by atoms with van der Waals surface area (Å²) in [5.74, 6) is 0.646. The van der Waals surface area contributed by atoms with Crippen LogP contribution >= 0.6 is 0 Å². The van der Waals surface area contributed by atoms with Crippen LogP contribution in [0.15, 0.2) is 36.5 Å². The Labute approximate surface area is 106 Å². The average Bonchev–Trinajstić information content (AvgIpc) is 2.92. The number of nitrogens with zero attached hydrogens (tertiary/aromatic N) is 3. The molecule has 2 aromatic rings. The van der Waals surface area contributed by atoms with Crippen molar-refractivity contribution in [3.63, 3.8) is 0 Å². The van der Waals surface area contributed by atoms with E-state index in [4.69, 9.17) is 5.41 Å². The molecule has 1 aromatic heterocycles. The summed E-state index contributed by atoms with van der Waals surface area (Å²) < 4.78 is 1.90. The van der Waals surface area contributed by atoms with E-state index in [0.717, 1.165) is 25.1 Å². The maximum atomic E-state index is 8.17. The molecule has 0 saturated heterocycles. The van der Waals surface area contributed by atoms with Gasteiger partial charge in [0.25, 0.3) is 0 Å². The van der Waals surface area contributed by atoms with Crippen LogP contribution in [0.4, 0.5) is 0 Å². The first kappa shape index (κ1) is 11.0. The summed E-state index contributed by atoms with van der Waals surface area (Å²) in [6.07, 6.45) is 2.74. The molecule has 0 aliphatic carbocycles. The van der Waals surface area contributed by atoms with E-state index in [0.29, 0.717) is 5.84 Å². The van der Waals surface area contributed by atoms with E-state index in [1.165, 1.54) is 11.3 Å². The van der Waals surface area contributed by atoms with Crippen LogP contribution in [0.1, 0.15) is 16.8 Å². The van der Waals surface area contributed by atoms with Gasteiger partial charge in [-0.1, -0.05) is 24.3 Å². The largest absolute Gasteiger partial charge is 0.352 e. The van der Waals surface area contributed by atoms with Crippen molar-refractivity contribution in [2.75, 3.05) is 6.54 Å². The lowest BCUT2D eigenvalue weighted by molar-refractivity contribution is 0.426. The molecule has 0 unspecified atom stereocenters. The second-order valence-electron chi connectivity index (χ2n) is 4.62. The predicted molar refractivity (Wildman–Crippen MR) is 70.6 cm³/mol. The van der Waals surface area contributed by atoms with Gasteiger partial charge in [-0.25, -0.2) is 0 Å². The Morgan fingerprint density at radius 3 is 2.83 bits per heavy atom. The second-order valence-corrected chi connectivity index (χ2v) is 4.62. The van der Waals surface area contributed by atoms with Crippen molar-refractivity contribution in [1.29, 1.82) is 5.41 Å². The van der Waals surface area contributed by atoms with Crippen LogP contribution in [0.25, 0.3) is 0 Å². The van der Waals surface area contributed by atoms with E-state index in [-0.39, 0.29) is 0 Å². The number of hydrogen-bond donors (Lipinski definition) is 1. The van der Waals surface area contributed by atoms with Crippen LogP contribution in [0.3, 0.4) is 0 Å². The van der Waals surface area contributed by atoms with E-state index < -0.39 is 0 Å². The third-order valence-electron chi connectivity index (χ3n) is 3.51. The molecule has 4 heteroatoms. The highest BCUT2D eigenvalue weighted by atomic mass is 15.3. The molecule has 0 saturated carbocycles. The highest BCUT2D eigenvalue weighted by Gasteiger charge is 2.23. The Bertz CT molecular complexity index is 585. The predicted octanol–water partition coefficient (Wildman–Crippen LogP) is 1.80. The molecule has 0 atom stereocenters. The summed E-state index contributed by atoms with van der Waals surface area (Å²) in [7, 11) is 1.96. The van der Waals surface area contributed by atoms with E-state index in [9.17, 15) is 0 Å². The zero-order chi connectivity index (χ0) is 12.5. The summed E-state index contributed by atoms with van der Waals surface area (Å²) in [5, 5.41) is 12.3. The van der Waals surface area contributed by atoms with E-state index in [1.54, 1.807) is 0 Å². The molecule has 18 heavy (non-hydrogen) atoms. The standard InChI is InChI=1S/C14H16N4/c1-17-12(6-8-16-17)7-9-18-10-11-4-2-3-5-13(11)14(18)15/h2-6,8,15H,7,9-10H2,1H3. The summed E-state index contributed by atoms with van der Waals surface area (Å²) in [4.78, 5) is 2.12. The van der Waals surface area contributed by atoms with Crippen molar-refractivity contribution in [2.45, 2.75) is 13.0 Å². The van der Waals surface area contributed by atoms with Gasteiger partial charge >= 0.3 is 0 Å². The fourth-order valence-corrected chi connectivity index (χ4v) is 2.43. The second kappa shape index (κ2) is 4.29. The first-order valence-electron chi connectivity index (χ1n) is 6.14. The van der Waals surface area contributed by atoms with Crippen molar-refractivity contribution in [1.82, 2.24) is 14.7 Å². The summed E-state index contributed by atoms with van der Waals surface area (Å²) >= 11 is 0. The van der Waals surface area contributed by atoms with Gasteiger partial charge in [-0.05, 0) is 11.6 Å². The molecule has 1 N–H and O–H groups in total. The molecule has 4 nitrogen and oxygen atoms in total. The molecule has 0 fully saturated rings. The Morgan fingerprint density at radius 2 is 2.11 bits per heavy atom. The molecule has 0 amide bonds. The van der Waals surface area contributed by atoms with Gasteiger partial charge in [-0.15, -0.1) is 0 Å². The van der Waals surface area contributed by atoms with Gasteiger partial charge in [-0.2, -0.15) is 5.10 Å². The molecule has 0 spiro atoms. The lowest BCUT2D eigenvalue weighted by Gasteiger charge is -2.17. The number of benzene rings is 1. The Hall–Kier alpha value is -2.10. The minimum Gasteiger partial charge on any atom is -0.352 e. The first-order valence-corrected chi connectivity index (χ1v) is 6.14. The first-order chi connectivity index (χ1) is 8.75. The normalized spacial score (nSPS) is 14.1. The van der Waals surface area contributed by atoms with Crippen molar-refractivity contribution < 1.29 is 0 Å². The molecular weight excluding hydrogens is 224 g/mol. The smallest absolute Gasteiger partial charge is 0.128 e. The van der Waals surface area contributed by atoms with Gasteiger partial charge in [0.2, 0.25) is 0 Å². The summed E-state index contributed by atoms with van der Waals surface area (Å²) in [6.45, 7) is 1.72. The molecular formula is C14H16N4.